The molecule has 1 aromatic carbocycles. The van der Waals surface area contributed by atoms with Crippen LogP contribution in [-0.2, 0) is 0 Å². The van der Waals surface area contributed by atoms with Crippen LogP contribution in [0.1, 0.15) is 6.92 Å². The van der Waals surface area contributed by atoms with E-state index in [9.17, 15) is 0 Å². The monoisotopic (exact) mass is 197 g/mol. The molecule has 0 aromatic heterocycles. The highest BCUT2D eigenvalue weighted by Gasteiger charge is 1.98. The van der Waals surface area contributed by atoms with E-state index in [0.717, 1.165) is 5.57 Å². The van der Waals surface area contributed by atoms with Crippen LogP contribution < -0.4 is 10.5 Å². The number of hydrogen-bond donors (Lipinski definition) is 1. The van der Waals surface area contributed by atoms with E-state index >= 15 is 0 Å². The Kier molecular flexibility index (Phi) is 3.20. The first-order valence-electron chi connectivity index (χ1n) is 3.92. The third kappa shape index (κ3) is 2.99. The summed E-state index contributed by atoms with van der Waals surface area (Å²) < 4.78 is 5.36. The highest BCUT2D eigenvalue weighted by molar-refractivity contribution is 6.33. The summed E-state index contributed by atoms with van der Waals surface area (Å²) in [5, 5.41) is 0.513. The number of benzene rings is 1. The SMILES string of the molecule is C=C(C)COc1ccc(N)c(Cl)c1. The van der Waals surface area contributed by atoms with Crippen molar-refractivity contribution in [1.82, 2.24) is 0 Å². The van der Waals surface area contributed by atoms with Gasteiger partial charge in [-0.3, -0.25) is 0 Å². The van der Waals surface area contributed by atoms with Crippen molar-refractivity contribution in [1.29, 1.82) is 0 Å². The molecule has 70 valence electrons. The fourth-order valence-corrected chi connectivity index (χ4v) is 0.975. The molecule has 0 aliphatic rings. The molecule has 0 amide bonds. The summed E-state index contributed by atoms with van der Waals surface area (Å²) in [7, 11) is 0. The molecule has 3 heteroatoms. The standard InChI is InChI=1S/C10H12ClNO/c1-7(2)6-13-8-3-4-10(12)9(11)5-8/h3-5H,1,6,12H2,2H3. The minimum atomic E-state index is 0.500. The van der Waals surface area contributed by atoms with Gasteiger partial charge in [0, 0.05) is 6.07 Å². The summed E-state index contributed by atoms with van der Waals surface area (Å²) in [5.74, 6) is 0.710. The maximum Gasteiger partial charge on any atom is 0.121 e. The summed E-state index contributed by atoms with van der Waals surface area (Å²) in [6.07, 6.45) is 0. The van der Waals surface area contributed by atoms with Crippen molar-refractivity contribution < 1.29 is 4.74 Å². The van der Waals surface area contributed by atoms with Gasteiger partial charge < -0.3 is 10.5 Å². The molecular weight excluding hydrogens is 186 g/mol. The molecule has 1 aromatic rings. The second-order valence-corrected chi connectivity index (χ2v) is 3.34. The second kappa shape index (κ2) is 4.19. The molecule has 0 saturated heterocycles. The van der Waals surface area contributed by atoms with Crippen LogP contribution in [0.5, 0.6) is 5.75 Å². The predicted molar refractivity (Wildman–Crippen MR) is 56.2 cm³/mol. The quantitative estimate of drug-likeness (QED) is 0.598. The summed E-state index contributed by atoms with van der Waals surface area (Å²) in [6.45, 7) is 6.13. The fraction of sp³-hybridized carbons (Fsp3) is 0.200. The minimum Gasteiger partial charge on any atom is -0.489 e. The van der Waals surface area contributed by atoms with Crippen molar-refractivity contribution in [3.63, 3.8) is 0 Å². The molecule has 0 spiro atoms. The molecule has 0 unspecified atom stereocenters. The third-order valence-corrected chi connectivity index (χ3v) is 1.78. The molecule has 13 heavy (non-hydrogen) atoms. The van der Waals surface area contributed by atoms with Gasteiger partial charge in [0.05, 0.1) is 10.7 Å². The van der Waals surface area contributed by atoms with Crippen molar-refractivity contribution in [2.45, 2.75) is 6.92 Å². The Hall–Kier alpha value is -1.15. The first-order chi connectivity index (χ1) is 6.09. The zero-order chi connectivity index (χ0) is 9.84. The van der Waals surface area contributed by atoms with Gasteiger partial charge in [-0.15, -0.1) is 0 Å². The molecule has 2 nitrogen and oxygen atoms in total. The Morgan fingerprint density at radius 3 is 2.85 bits per heavy atom. The van der Waals surface area contributed by atoms with Crippen molar-refractivity contribution in [2.75, 3.05) is 12.3 Å². The molecule has 0 radical (unpaired) electrons. The zero-order valence-corrected chi connectivity index (χ0v) is 8.27. The van der Waals surface area contributed by atoms with E-state index < -0.39 is 0 Å². The lowest BCUT2D eigenvalue weighted by Crippen LogP contribution is -1.97. The lowest BCUT2D eigenvalue weighted by Gasteiger charge is -2.06. The van der Waals surface area contributed by atoms with E-state index in [0.29, 0.717) is 23.1 Å². The molecule has 0 saturated carbocycles. The first-order valence-corrected chi connectivity index (χ1v) is 4.29. The van der Waals surface area contributed by atoms with Gasteiger partial charge in [0.15, 0.2) is 0 Å². The number of ether oxygens (including phenoxy) is 1. The smallest absolute Gasteiger partial charge is 0.121 e. The van der Waals surface area contributed by atoms with Crippen LogP contribution in [-0.4, -0.2) is 6.61 Å². The van der Waals surface area contributed by atoms with Gasteiger partial charge in [-0.05, 0) is 24.6 Å². The van der Waals surface area contributed by atoms with Gasteiger partial charge in [0.2, 0.25) is 0 Å². The lowest BCUT2D eigenvalue weighted by atomic mass is 10.3. The van der Waals surface area contributed by atoms with Crippen LogP contribution in [0.2, 0.25) is 5.02 Å². The average Bonchev–Trinajstić information content (AvgIpc) is 2.07. The first kappa shape index (κ1) is 9.93. The summed E-state index contributed by atoms with van der Waals surface area (Å²) >= 11 is 5.80. The van der Waals surface area contributed by atoms with Gasteiger partial charge in [0.25, 0.3) is 0 Å². The molecule has 0 atom stereocenters. The number of halogens is 1. The Labute approximate surface area is 83.0 Å². The number of rotatable bonds is 3. The molecule has 0 aliphatic carbocycles. The maximum atomic E-state index is 5.80. The molecule has 0 bridgehead atoms. The summed E-state index contributed by atoms with van der Waals surface area (Å²) in [5.41, 5.74) is 7.06. The van der Waals surface area contributed by atoms with E-state index in [1.165, 1.54) is 0 Å². The highest BCUT2D eigenvalue weighted by atomic mass is 35.5. The largest absolute Gasteiger partial charge is 0.489 e. The number of nitrogen functional groups attached to an aromatic ring is 1. The van der Waals surface area contributed by atoms with Crippen molar-refractivity contribution >= 4 is 17.3 Å². The Balaban J connectivity index is 2.68. The topological polar surface area (TPSA) is 35.2 Å². The summed E-state index contributed by atoms with van der Waals surface area (Å²) in [4.78, 5) is 0. The molecule has 0 aliphatic heterocycles. The predicted octanol–water partition coefficient (Wildman–Crippen LogP) is 2.88. The van der Waals surface area contributed by atoms with Crippen LogP contribution in [0.25, 0.3) is 0 Å². The maximum absolute atomic E-state index is 5.80. The van der Waals surface area contributed by atoms with Crippen molar-refractivity contribution in [3.8, 4) is 5.75 Å². The van der Waals surface area contributed by atoms with E-state index in [1.54, 1.807) is 18.2 Å². The summed E-state index contributed by atoms with van der Waals surface area (Å²) in [6, 6.07) is 5.19. The minimum absolute atomic E-state index is 0.500. The number of hydrogen-bond acceptors (Lipinski definition) is 2. The molecule has 2 N–H and O–H groups in total. The van der Waals surface area contributed by atoms with Crippen LogP contribution in [0.3, 0.4) is 0 Å². The third-order valence-electron chi connectivity index (χ3n) is 1.46. The molecule has 1 rings (SSSR count). The molecular formula is C10H12ClNO. The Morgan fingerprint density at radius 2 is 2.31 bits per heavy atom. The molecule has 0 fully saturated rings. The molecule has 0 heterocycles. The van der Waals surface area contributed by atoms with Crippen LogP contribution in [0, 0.1) is 0 Å². The Morgan fingerprint density at radius 1 is 1.62 bits per heavy atom. The highest BCUT2D eigenvalue weighted by Crippen LogP contribution is 2.24. The van der Waals surface area contributed by atoms with Crippen LogP contribution in [0.15, 0.2) is 30.4 Å². The van der Waals surface area contributed by atoms with Crippen molar-refractivity contribution in [2.24, 2.45) is 0 Å². The van der Waals surface area contributed by atoms with Gasteiger partial charge >= 0.3 is 0 Å². The number of anilines is 1. The van der Waals surface area contributed by atoms with Gasteiger partial charge in [-0.2, -0.15) is 0 Å². The average molecular weight is 198 g/mol. The zero-order valence-electron chi connectivity index (χ0n) is 7.51. The lowest BCUT2D eigenvalue weighted by molar-refractivity contribution is 0.353. The van der Waals surface area contributed by atoms with Crippen LogP contribution in [0.4, 0.5) is 5.69 Å². The fourth-order valence-electron chi connectivity index (χ4n) is 0.804. The van der Waals surface area contributed by atoms with Gasteiger partial charge in [-0.1, -0.05) is 18.2 Å². The van der Waals surface area contributed by atoms with E-state index in [1.807, 2.05) is 6.92 Å². The van der Waals surface area contributed by atoms with Gasteiger partial charge in [0.1, 0.15) is 12.4 Å². The van der Waals surface area contributed by atoms with E-state index in [4.69, 9.17) is 22.1 Å². The second-order valence-electron chi connectivity index (χ2n) is 2.93. The normalized spacial score (nSPS) is 9.69. The number of nitrogens with two attached hydrogens (primary N) is 1. The van der Waals surface area contributed by atoms with Gasteiger partial charge in [-0.25, -0.2) is 0 Å². The Bertz CT molecular complexity index is 323. The van der Waals surface area contributed by atoms with E-state index in [2.05, 4.69) is 6.58 Å². The van der Waals surface area contributed by atoms with Crippen molar-refractivity contribution in [3.05, 3.63) is 35.4 Å². The van der Waals surface area contributed by atoms with E-state index in [-0.39, 0.29) is 0 Å². The van der Waals surface area contributed by atoms with Crippen LogP contribution >= 0.6 is 11.6 Å².